The third-order valence-electron chi connectivity index (χ3n) is 4.36. The number of aryl methyl sites for hydroxylation is 2. The van der Waals surface area contributed by atoms with Crippen LogP contribution in [0.3, 0.4) is 0 Å². The second-order valence-electron chi connectivity index (χ2n) is 5.95. The van der Waals surface area contributed by atoms with Crippen LogP contribution in [-0.4, -0.2) is 29.9 Å². The maximum atomic E-state index is 11.9. The summed E-state index contributed by atoms with van der Waals surface area (Å²) in [6.45, 7) is 4.10. The standard InChI is InChI=1S/C17H23N3O2/c1-12-9-14-10-13(3-4-16(14)20(12)2)11-18-17(21)19-15-5-7-22-8-6-15/h3-4,9-10,15H,5-8,11H2,1-2H3,(H2,18,19,21). The summed E-state index contributed by atoms with van der Waals surface area (Å²) < 4.78 is 7.46. The van der Waals surface area contributed by atoms with Crippen molar-refractivity contribution in [3.8, 4) is 0 Å². The average Bonchev–Trinajstić information content (AvgIpc) is 2.81. The van der Waals surface area contributed by atoms with Crippen molar-refractivity contribution in [2.45, 2.75) is 32.4 Å². The average molecular weight is 301 g/mol. The Hall–Kier alpha value is -2.01. The number of hydrogen-bond donors (Lipinski definition) is 2. The maximum absolute atomic E-state index is 11.9. The lowest BCUT2D eigenvalue weighted by molar-refractivity contribution is 0.0801. The van der Waals surface area contributed by atoms with Crippen LogP contribution >= 0.6 is 0 Å². The predicted octanol–water partition coefficient (Wildman–Crippen LogP) is 2.46. The fourth-order valence-corrected chi connectivity index (χ4v) is 2.91. The highest BCUT2D eigenvalue weighted by Crippen LogP contribution is 2.19. The van der Waals surface area contributed by atoms with Crippen LogP contribution in [0.15, 0.2) is 24.3 Å². The molecule has 0 aliphatic carbocycles. The van der Waals surface area contributed by atoms with E-state index in [4.69, 9.17) is 4.74 Å². The van der Waals surface area contributed by atoms with Gasteiger partial charge < -0.3 is 19.9 Å². The van der Waals surface area contributed by atoms with Crippen LogP contribution < -0.4 is 10.6 Å². The van der Waals surface area contributed by atoms with Crippen LogP contribution in [0.1, 0.15) is 24.1 Å². The van der Waals surface area contributed by atoms with E-state index in [0.29, 0.717) is 6.54 Å². The molecule has 2 aromatic rings. The van der Waals surface area contributed by atoms with E-state index in [0.717, 1.165) is 31.6 Å². The Bertz CT molecular complexity index is 672. The van der Waals surface area contributed by atoms with Crippen molar-refractivity contribution in [3.05, 3.63) is 35.5 Å². The highest BCUT2D eigenvalue weighted by Gasteiger charge is 2.15. The van der Waals surface area contributed by atoms with Gasteiger partial charge in [0.2, 0.25) is 0 Å². The summed E-state index contributed by atoms with van der Waals surface area (Å²) in [6, 6.07) is 8.61. The van der Waals surface area contributed by atoms with Gasteiger partial charge in [0.15, 0.2) is 0 Å². The summed E-state index contributed by atoms with van der Waals surface area (Å²) in [6.07, 6.45) is 1.78. The van der Waals surface area contributed by atoms with Crippen molar-refractivity contribution in [1.82, 2.24) is 15.2 Å². The zero-order chi connectivity index (χ0) is 15.5. The number of carbonyl (C=O) groups excluding carboxylic acids is 1. The third-order valence-corrected chi connectivity index (χ3v) is 4.36. The molecule has 3 rings (SSSR count). The summed E-state index contributed by atoms with van der Waals surface area (Å²) in [5.74, 6) is 0. The molecule has 1 aromatic heterocycles. The number of carbonyl (C=O) groups is 1. The Balaban J connectivity index is 1.57. The molecule has 0 atom stereocenters. The quantitative estimate of drug-likeness (QED) is 0.915. The molecule has 0 unspecified atom stereocenters. The molecule has 1 aromatic carbocycles. The maximum Gasteiger partial charge on any atom is 0.315 e. The lowest BCUT2D eigenvalue weighted by Gasteiger charge is -2.23. The molecular formula is C17H23N3O2. The van der Waals surface area contributed by atoms with Crippen LogP contribution in [0.2, 0.25) is 0 Å². The fraction of sp³-hybridized carbons (Fsp3) is 0.471. The van der Waals surface area contributed by atoms with Gasteiger partial charge in [-0.3, -0.25) is 0 Å². The molecule has 118 valence electrons. The van der Waals surface area contributed by atoms with Gasteiger partial charge in [-0.15, -0.1) is 0 Å². The van der Waals surface area contributed by atoms with E-state index in [1.165, 1.54) is 16.6 Å². The van der Waals surface area contributed by atoms with Crippen molar-refractivity contribution in [1.29, 1.82) is 0 Å². The molecule has 5 heteroatoms. The van der Waals surface area contributed by atoms with Gasteiger partial charge in [-0.25, -0.2) is 4.79 Å². The van der Waals surface area contributed by atoms with E-state index in [1.807, 2.05) is 0 Å². The highest BCUT2D eigenvalue weighted by atomic mass is 16.5. The summed E-state index contributed by atoms with van der Waals surface area (Å²) in [7, 11) is 2.07. The Labute approximate surface area is 130 Å². The van der Waals surface area contributed by atoms with Gasteiger partial charge in [-0.05, 0) is 43.5 Å². The van der Waals surface area contributed by atoms with Crippen LogP contribution in [-0.2, 0) is 18.3 Å². The largest absolute Gasteiger partial charge is 0.381 e. The molecule has 0 radical (unpaired) electrons. The van der Waals surface area contributed by atoms with Crippen molar-refractivity contribution >= 4 is 16.9 Å². The van der Waals surface area contributed by atoms with E-state index in [9.17, 15) is 4.79 Å². The Kier molecular flexibility index (Phi) is 4.34. The minimum absolute atomic E-state index is 0.101. The first-order valence-electron chi connectivity index (χ1n) is 7.80. The molecule has 22 heavy (non-hydrogen) atoms. The lowest BCUT2D eigenvalue weighted by Crippen LogP contribution is -2.44. The van der Waals surface area contributed by atoms with Crippen molar-refractivity contribution < 1.29 is 9.53 Å². The number of ether oxygens (including phenoxy) is 1. The minimum Gasteiger partial charge on any atom is -0.381 e. The van der Waals surface area contributed by atoms with Gasteiger partial charge in [0, 0.05) is 49.4 Å². The smallest absolute Gasteiger partial charge is 0.315 e. The van der Waals surface area contributed by atoms with Gasteiger partial charge in [0.25, 0.3) is 0 Å². The molecule has 2 N–H and O–H groups in total. The molecule has 1 aliphatic heterocycles. The normalized spacial score (nSPS) is 15.9. The second kappa shape index (κ2) is 6.40. The topological polar surface area (TPSA) is 55.3 Å². The van der Waals surface area contributed by atoms with Gasteiger partial charge >= 0.3 is 6.03 Å². The molecular weight excluding hydrogens is 278 g/mol. The van der Waals surface area contributed by atoms with Gasteiger partial charge in [-0.2, -0.15) is 0 Å². The Morgan fingerprint density at radius 2 is 2.09 bits per heavy atom. The van der Waals surface area contributed by atoms with E-state index in [-0.39, 0.29) is 12.1 Å². The summed E-state index contributed by atoms with van der Waals surface area (Å²) >= 11 is 0. The van der Waals surface area contributed by atoms with E-state index in [2.05, 4.69) is 53.4 Å². The molecule has 2 amide bonds. The number of nitrogens with one attached hydrogen (secondary N) is 2. The zero-order valence-corrected chi connectivity index (χ0v) is 13.2. The van der Waals surface area contributed by atoms with Crippen LogP contribution in [0, 0.1) is 6.92 Å². The molecule has 1 fully saturated rings. The summed E-state index contributed by atoms with van der Waals surface area (Å²) in [5.41, 5.74) is 3.56. The Morgan fingerprint density at radius 3 is 2.86 bits per heavy atom. The van der Waals surface area contributed by atoms with Crippen molar-refractivity contribution in [2.24, 2.45) is 7.05 Å². The second-order valence-corrected chi connectivity index (χ2v) is 5.95. The number of aromatic nitrogens is 1. The van der Waals surface area contributed by atoms with Gasteiger partial charge in [0.05, 0.1) is 0 Å². The van der Waals surface area contributed by atoms with Crippen LogP contribution in [0.4, 0.5) is 4.79 Å². The van der Waals surface area contributed by atoms with Crippen molar-refractivity contribution in [3.63, 3.8) is 0 Å². The minimum atomic E-state index is -0.101. The molecule has 5 nitrogen and oxygen atoms in total. The molecule has 1 saturated heterocycles. The van der Waals surface area contributed by atoms with Crippen LogP contribution in [0.25, 0.3) is 10.9 Å². The molecule has 0 saturated carbocycles. The number of hydrogen-bond acceptors (Lipinski definition) is 2. The molecule has 2 heterocycles. The predicted molar refractivity (Wildman–Crippen MR) is 86.9 cm³/mol. The van der Waals surface area contributed by atoms with E-state index < -0.39 is 0 Å². The molecule has 0 spiro atoms. The Morgan fingerprint density at radius 1 is 1.32 bits per heavy atom. The number of benzene rings is 1. The molecule has 0 bridgehead atoms. The number of fused-ring (bicyclic) bond motifs is 1. The summed E-state index contributed by atoms with van der Waals surface area (Å²) in [5, 5.41) is 7.15. The summed E-state index contributed by atoms with van der Waals surface area (Å²) in [4.78, 5) is 11.9. The number of urea groups is 1. The van der Waals surface area contributed by atoms with E-state index in [1.54, 1.807) is 0 Å². The fourth-order valence-electron chi connectivity index (χ4n) is 2.91. The number of nitrogens with zero attached hydrogens (tertiary/aromatic N) is 1. The monoisotopic (exact) mass is 301 g/mol. The third kappa shape index (κ3) is 3.25. The SMILES string of the molecule is Cc1cc2cc(CNC(=O)NC3CCOCC3)ccc2n1C. The molecule has 1 aliphatic rings. The number of rotatable bonds is 3. The van der Waals surface area contributed by atoms with E-state index >= 15 is 0 Å². The zero-order valence-electron chi connectivity index (χ0n) is 13.2. The first-order chi connectivity index (χ1) is 10.6. The van der Waals surface area contributed by atoms with Crippen LogP contribution in [0.5, 0.6) is 0 Å². The number of amides is 2. The lowest BCUT2D eigenvalue weighted by atomic mass is 10.1. The van der Waals surface area contributed by atoms with Gasteiger partial charge in [-0.1, -0.05) is 6.07 Å². The van der Waals surface area contributed by atoms with Gasteiger partial charge in [0.1, 0.15) is 0 Å². The first-order valence-corrected chi connectivity index (χ1v) is 7.80. The van der Waals surface area contributed by atoms with Crippen molar-refractivity contribution in [2.75, 3.05) is 13.2 Å². The first kappa shape index (κ1) is 14.9. The highest BCUT2D eigenvalue weighted by molar-refractivity contribution is 5.82.